The van der Waals surface area contributed by atoms with Crippen LogP contribution in [0.1, 0.15) is 6.92 Å². The molecular formula is C18H15N3OS. The van der Waals surface area contributed by atoms with Crippen LogP contribution in [0.2, 0.25) is 0 Å². The number of nitrogens with zero attached hydrogens (tertiary/aromatic N) is 3. The highest BCUT2D eigenvalue weighted by Gasteiger charge is 2.09. The van der Waals surface area contributed by atoms with Gasteiger partial charge in [0.25, 0.3) is 0 Å². The summed E-state index contributed by atoms with van der Waals surface area (Å²) in [5.74, 6) is 0.857. The summed E-state index contributed by atoms with van der Waals surface area (Å²) in [5, 5.41) is 4.20. The van der Waals surface area contributed by atoms with Gasteiger partial charge in [0.15, 0.2) is 5.65 Å². The van der Waals surface area contributed by atoms with Crippen LogP contribution in [0.25, 0.3) is 28.2 Å². The predicted molar refractivity (Wildman–Crippen MR) is 92.9 cm³/mol. The molecule has 0 radical (unpaired) electrons. The zero-order chi connectivity index (χ0) is 15.6. The van der Waals surface area contributed by atoms with E-state index in [1.165, 1.54) is 5.56 Å². The summed E-state index contributed by atoms with van der Waals surface area (Å²) in [6.45, 7) is 2.63. The van der Waals surface area contributed by atoms with Crippen LogP contribution in [0.5, 0.6) is 5.75 Å². The third-order valence-electron chi connectivity index (χ3n) is 3.65. The largest absolute Gasteiger partial charge is 0.494 e. The van der Waals surface area contributed by atoms with E-state index in [-0.39, 0.29) is 0 Å². The lowest BCUT2D eigenvalue weighted by molar-refractivity contribution is 0.340. The Labute approximate surface area is 138 Å². The van der Waals surface area contributed by atoms with Crippen LogP contribution >= 0.6 is 11.3 Å². The molecule has 4 nitrogen and oxygen atoms in total. The molecule has 4 rings (SSSR count). The lowest BCUT2D eigenvalue weighted by Gasteiger charge is -2.07. The quantitative estimate of drug-likeness (QED) is 0.554. The highest BCUT2D eigenvalue weighted by molar-refractivity contribution is 7.08. The lowest BCUT2D eigenvalue weighted by atomic mass is 10.1. The summed E-state index contributed by atoms with van der Waals surface area (Å²) in [6.07, 6.45) is 5.72. The standard InChI is InChI=1S/C18H15N3OS/c1-2-22-15-5-3-4-13(8-15)16-11-21-17(14-6-7-23-12-14)9-20-18(21)10-19-16/h3-12H,2H2,1H3. The van der Waals surface area contributed by atoms with E-state index in [9.17, 15) is 0 Å². The van der Waals surface area contributed by atoms with Crippen LogP contribution in [0.15, 0.2) is 59.7 Å². The molecule has 5 heteroatoms. The van der Waals surface area contributed by atoms with E-state index >= 15 is 0 Å². The van der Waals surface area contributed by atoms with Crippen LogP contribution < -0.4 is 4.74 Å². The van der Waals surface area contributed by atoms with Crippen molar-refractivity contribution in [2.75, 3.05) is 6.61 Å². The Morgan fingerprint density at radius 1 is 1.13 bits per heavy atom. The fourth-order valence-electron chi connectivity index (χ4n) is 2.57. The van der Waals surface area contributed by atoms with Crippen LogP contribution in [-0.4, -0.2) is 21.0 Å². The molecule has 0 unspecified atom stereocenters. The molecule has 0 saturated carbocycles. The van der Waals surface area contributed by atoms with Crippen LogP contribution in [-0.2, 0) is 0 Å². The van der Waals surface area contributed by atoms with E-state index in [0.29, 0.717) is 6.61 Å². The molecule has 0 aliphatic heterocycles. The first-order valence-electron chi connectivity index (χ1n) is 7.44. The smallest absolute Gasteiger partial charge is 0.155 e. The molecule has 1 aromatic carbocycles. The zero-order valence-electron chi connectivity index (χ0n) is 12.6. The normalized spacial score (nSPS) is 11.0. The molecule has 0 saturated heterocycles. The third kappa shape index (κ3) is 2.59. The van der Waals surface area contributed by atoms with Crippen molar-refractivity contribution in [3.8, 4) is 28.3 Å². The Morgan fingerprint density at radius 3 is 2.91 bits per heavy atom. The van der Waals surface area contributed by atoms with Crippen LogP contribution in [0.3, 0.4) is 0 Å². The number of benzene rings is 1. The summed E-state index contributed by atoms with van der Waals surface area (Å²) in [6, 6.07) is 10.1. The fraction of sp³-hybridized carbons (Fsp3) is 0.111. The maximum atomic E-state index is 5.58. The van der Waals surface area contributed by atoms with Crippen molar-refractivity contribution in [2.24, 2.45) is 0 Å². The fourth-order valence-corrected chi connectivity index (χ4v) is 3.22. The minimum atomic E-state index is 0.653. The molecule has 4 aromatic rings. The lowest BCUT2D eigenvalue weighted by Crippen LogP contribution is -1.94. The molecule has 0 bridgehead atoms. The topological polar surface area (TPSA) is 39.4 Å². The SMILES string of the molecule is CCOc1cccc(-c2cn3c(-c4ccsc4)cnc3cn2)c1. The number of aromatic nitrogens is 3. The van der Waals surface area contributed by atoms with E-state index in [4.69, 9.17) is 4.74 Å². The Hall–Kier alpha value is -2.66. The van der Waals surface area contributed by atoms with Crippen molar-refractivity contribution in [1.29, 1.82) is 0 Å². The monoisotopic (exact) mass is 321 g/mol. The number of rotatable bonds is 4. The van der Waals surface area contributed by atoms with E-state index in [2.05, 4.69) is 31.2 Å². The molecule has 0 amide bonds. The molecule has 0 aliphatic rings. The van der Waals surface area contributed by atoms with E-state index in [0.717, 1.165) is 28.3 Å². The van der Waals surface area contributed by atoms with Crippen molar-refractivity contribution < 1.29 is 4.74 Å². The zero-order valence-corrected chi connectivity index (χ0v) is 13.5. The molecule has 0 fully saturated rings. The van der Waals surface area contributed by atoms with Gasteiger partial charge in [-0.15, -0.1) is 0 Å². The second kappa shape index (κ2) is 5.85. The summed E-state index contributed by atoms with van der Waals surface area (Å²) < 4.78 is 7.66. The van der Waals surface area contributed by atoms with Gasteiger partial charge in [-0.05, 0) is 30.5 Å². The Bertz CT molecular complexity index is 944. The van der Waals surface area contributed by atoms with Gasteiger partial charge in [-0.25, -0.2) is 4.98 Å². The van der Waals surface area contributed by atoms with Gasteiger partial charge in [0.1, 0.15) is 5.75 Å². The highest BCUT2D eigenvalue weighted by atomic mass is 32.1. The van der Waals surface area contributed by atoms with E-state index < -0.39 is 0 Å². The number of fused-ring (bicyclic) bond motifs is 1. The second-order valence-corrected chi connectivity index (χ2v) is 5.90. The molecule has 0 N–H and O–H groups in total. The molecule has 23 heavy (non-hydrogen) atoms. The van der Waals surface area contributed by atoms with Crippen molar-refractivity contribution in [1.82, 2.24) is 14.4 Å². The first-order valence-corrected chi connectivity index (χ1v) is 8.38. The minimum absolute atomic E-state index is 0.653. The molecule has 114 valence electrons. The van der Waals surface area contributed by atoms with Gasteiger partial charge in [-0.2, -0.15) is 11.3 Å². The number of hydrogen-bond donors (Lipinski definition) is 0. The summed E-state index contributed by atoms with van der Waals surface area (Å²) >= 11 is 1.68. The number of hydrogen-bond acceptors (Lipinski definition) is 4. The van der Waals surface area contributed by atoms with Crippen LogP contribution in [0.4, 0.5) is 0 Å². The summed E-state index contributed by atoms with van der Waals surface area (Å²) in [4.78, 5) is 8.97. The predicted octanol–water partition coefficient (Wildman–Crippen LogP) is 4.52. The van der Waals surface area contributed by atoms with Crippen molar-refractivity contribution in [3.05, 3.63) is 59.7 Å². The average molecular weight is 321 g/mol. The molecule has 0 atom stereocenters. The maximum Gasteiger partial charge on any atom is 0.155 e. The van der Waals surface area contributed by atoms with E-state index in [1.54, 1.807) is 17.5 Å². The van der Waals surface area contributed by atoms with Gasteiger partial charge in [0.05, 0.1) is 30.4 Å². The molecule has 3 heterocycles. The molecule has 3 aromatic heterocycles. The van der Waals surface area contributed by atoms with Crippen molar-refractivity contribution in [3.63, 3.8) is 0 Å². The van der Waals surface area contributed by atoms with Gasteiger partial charge < -0.3 is 4.74 Å². The van der Waals surface area contributed by atoms with Crippen LogP contribution in [0, 0.1) is 0 Å². The van der Waals surface area contributed by atoms with Crippen molar-refractivity contribution in [2.45, 2.75) is 6.92 Å². The van der Waals surface area contributed by atoms with Gasteiger partial charge >= 0.3 is 0 Å². The Balaban J connectivity index is 1.82. The van der Waals surface area contributed by atoms with E-state index in [1.807, 2.05) is 43.6 Å². The first kappa shape index (κ1) is 14.0. The highest BCUT2D eigenvalue weighted by Crippen LogP contribution is 2.26. The van der Waals surface area contributed by atoms with Gasteiger partial charge in [0.2, 0.25) is 0 Å². The van der Waals surface area contributed by atoms with Gasteiger partial charge in [-0.3, -0.25) is 9.38 Å². The maximum absolute atomic E-state index is 5.58. The number of imidazole rings is 1. The molecule has 0 spiro atoms. The number of thiophene rings is 1. The summed E-state index contributed by atoms with van der Waals surface area (Å²) in [5.41, 5.74) is 5.01. The molecule has 0 aliphatic carbocycles. The first-order chi connectivity index (χ1) is 11.3. The average Bonchev–Trinajstić information content (AvgIpc) is 3.24. The van der Waals surface area contributed by atoms with Crippen molar-refractivity contribution >= 4 is 17.0 Å². The minimum Gasteiger partial charge on any atom is -0.494 e. The van der Waals surface area contributed by atoms with Gasteiger partial charge in [-0.1, -0.05) is 12.1 Å². The second-order valence-electron chi connectivity index (χ2n) is 5.12. The molecular weight excluding hydrogens is 306 g/mol. The third-order valence-corrected chi connectivity index (χ3v) is 4.34. The Kier molecular flexibility index (Phi) is 3.55. The Morgan fingerprint density at radius 2 is 2.09 bits per heavy atom. The number of ether oxygens (including phenoxy) is 1. The van der Waals surface area contributed by atoms with Gasteiger partial charge in [0, 0.05) is 22.7 Å². The summed E-state index contributed by atoms with van der Waals surface area (Å²) in [7, 11) is 0.